The zero-order valence-electron chi connectivity index (χ0n) is 16.8. The van der Waals surface area contributed by atoms with E-state index in [9.17, 15) is 9.59 Å². The number of piperidine rings is 1. The van der Waals surface area contributed by atoms with E-state index in [1.165, 1.54) is 11.8 Å². The van der Waals surface area contributed by atoms with Gasteiger partial charge in [-0.25, -0.2) is 14.6 Å². The molecular formula is C20H19Cl2N7O2S. The van der Waals surface area contributed by atoms with E-state index in [4.69, 9.17) is 28.9 Å². The van der Waals surface area contributed by atoms with E-state index in [0.717, 1.165) is 0 Å². The Balaban J connectivity index is 1.64. The number of primary amides is 1. The molecule has 0 unspecified atom stereocenters. The van der Waals surface area contributed by atoms with Crippen LogP contribution in [0.2, 0.25) is 10.0 Å². The Morgan fingerprint density at radius 3 is 2.38 bits per heavy atom. The molecule has 1 aliphatic rings. The molecule has 3 aromatic rings. The molecule has 166 valence electrons. The van der Waals surface area contributed by atoms with Crippen LogP contribution < -0.4 is 5.73 Å². The van der Waals surface area contributed by atoms with E-state index < -0.39 is 0 Å². The second-order valence-electron chi connectivity index (χ2n) is 7.21. The molecule has 0 spiro atoms. The van der Waals surface area contributed by atoms with Gasteiger partial charge in [0, 0.05) is 47.2 Å². The Kier molecular flexibility index (Phi) is 6.92. The first-order chi connectivity index (χ1) is 15.4. The van der Waals surface area contributed by atoms with Crippen LogP contribution in [0.5, 0.6) is 0 Å². The molecular weight excluding hydrogens is 473 g/mol. The maximum atomic E-state index is 13.3. The number of likely N-dealkylation sites (tertiary alicyclic amines) is 1. The summed E-state index contributed by atoms with van der Waals surface area (Å²) in [7, 11) is 0. The highest BCUT2D eigenvalue weighted by atomic mass is 35.5. The van der Waals surface area contributed by atoms with Crippen LogP contribution in [0.3, 0.4) is 0 Å². The number of carbonyl (C=O) groups excluding carboxylic acids is 2. The van der Waals surface area contributed by atoms with Gasteiger partial charge in [0.05, 0.1) is 11.4 Å². The van der Waals surface area contributed by atoms with Crippen LogP contribution in [0.25, 0.3) is 5.69 Å². The smallest absolute Gasteiger partial charge is 0.276 e. The predicted octanol–water partition coefficient (Wildman–Crippen LogP) is 2.99. The summed E-state index contributed by atoms with van der Waals surface area (Å²) in [5.41, 5.74) is 6.79. The van der Waals surface area contributed by atoms with E-state index >= 15 is 0 Å². The van der Waals surface area contributed by atoms with Gasteiger partial charge in [0.25, 0.3) is 5.91 Å². The Labute approximate surface area is 198 Å². The molecule has 2 amide bonds. The first-order valence-corrected chi connectivity index (χ1v) is 11.6. The minimum absolute atomic E-state index is 0.214. The van der Waals surface area contributed by atoms with Gasteiger partial charge in [-0.2, -0.15) is 0 Å². The molecule has 0 saturated carbocycles. The third-order valence-electron chi connectivity index (χ3n) is 5.12. The van der Waals surface area contributed by atoms with Crippen molar-refractivity contribution in [2.75, 3.05) is 13.1 Å². The minimum Gasteiger partial charge on any atom is -0.369 e. The van der Waals surface area contributed by atoms with Gasteiger partial charge in [0.15, 0.2) is 10.9 Å². The normalized spacial score (nSPS) is 14.5. The van der Waals surface area contributed by atoms with Crippen LogP contribution in [-0.2, 0) is 10.5 Å². The Hall–Kier alpha value is -2.69. The fourth-order valence-corrected chi connectivity index (χ4v) is 4.79. The van der Waals surface area contributed by atoms with Gasteiger partial charge < -0.3 is 10.6 Å². The number of carbonyl (C=O) groups is 2. The number of aromatic nitrogens is 5. The fourth-order valence-electron chi connectivity index (χ4n) is 3.48. The highest BCUT2D eigenvalue weighted by molar-refractivity contribution is 7.98. The zero-order chi connectivity index (χ0) is 22.7. The highest BCUT2D eigenvalue weighted by Gasteiger charge is 2.30. The summed E-state index contributed by atoms with van der Waals surface area (Å²) in [4.78, 5) is 34.8. The van der Waals surface area contributed by atoms with Crippen molar-refractivity contribution in [1.82, 2.24) is 29.9 Å². The molecule has 1 saturated heterocycles. The predicted molar refractivity (Wildman–Crippen MR) is 121 cm³/mol. The molecule has 3 heterocycles. The van der Waals surface area contributed by atoms with E-state index in [2.05, 4.69) is 20.3 Å². The summed E-state index contributed by atoms with van der Waals surface area (Å²) in [6.45, 7) is 0.855. The standard InChI is InChI=1S/C20H19Cl2N7O2S/c21-13-8-14(22)10-15(9-13)29-16(11-32-20-24-4-1-5-25-20)17(26-27-29)19(31)28-6-2-12(3-7-28)18(23)30/h1,4-5,8-10,12H,2-3,6-7,11H2,(H2,23,30). The number of thioether (sulfide) groups is 1. The number of nitrogens with two attached hydrogens (primary N) is 1. The molecule has 1 fully saturated rings. The van der Waals surface area contributed by atoms with Crippen LogP contribution >= 0.6 is 35.0 Å². The summed E-state index contributed by atoms with van der Waals surface area (Å²) in [6, 6.07) is 6.74. The maximum absolute atomic E-state index is 13.3. The van der Waals surface area contributed by atoms with Gasteiger partial charge in [-0.1, -0.05) is 40.2 Å². The average molecular weight is 492 g/mol. The number of benzene rings is 1. The lowest BCUT2D eigenvalue weighted by molar-refractivity contribution is -0.123. The van der Waals surface area contributed by atoms with Crippen molar-refractivity contribution in [3.8, 4) is 5.69 Å². The molecule has 2 N–H and O–H groups in total. The van der Waals surface area contributed by atoms with E-state index in [1.807, 2.05) is 0 Å². The van der Waals surface area contributed by atoms with Gasteiger partial charge >= 0.3 is 0 Å². The summed E-state index contributed by atoms with van der Waals surface area (Å²) >= 11 is 13.7. The molecule has 9 nitrogen and oxygen atoms in total. The van der Waals surface area contributed by atoms with Crippen molar-refractivity contribution >= 4 is 46.8 Å². The quantitative estimate of drug-likeness (QED) is 0.415. The molecule has 0 radical (unpaired) electrons. The van der Waals surface area contributed by atoms with Gasteiger partial charge in [0.2, 0.25) is 5.91 Å². The highest BCUT2D eigenvalue weighted by Crippen LogP contribution is 2.27. The SMILES string of the molecule is NC(=O)C1CCN(C(=O)c2nnn(-c3cc(Cl)cc(Cl)c3)c2CSc2ncccn2)CC1. The molecule has 4 rings (SSSR count). The van der Waals surface area contributed by atoms with Crippen LogP contribution in [-0.4, -0.2) is 54.8 Å². The van der Waals surface area contributed by atoms with Crippen molar-refractivity contribution in [2.45, 2.75) is 23.8 Å². The first-order valence-electron chi connectivity index (χ1n) is 9.82. The monoisotopic (exact) mass is 491 g/mol. The van der Waals surface area contributed by atoms with Gasteiger partial charge in [-0.05, 0) is 37.1 Å². The number of amides is 2. The van der Waals surface area contributed by atoms with Crippen molar-refractivity contribution in [2.24, 2.45) is 11.7 Å². The minimum atomic E-state index is -0.333. The number of halogens is 2. The molecule has 2 aromatic heterocycles. The number of hydrogen-bond donors (Lipinski definition) is 1. The van der Waals surface area contributed by atoms with Gasteiger partial charge in [-0.15, -0.1) is 5.10 Å². The zero-order valence-corrected chi connectivity index (χ0v) is 19.1. The van der Waals surface area contributed by atoms with Crippen LogP contribution in [0, 0.1) is 5.92 Å². The van der Waals surface area contributed by atoms with Gasteiger partial charge in [-0.3, -0.25) is 9.59 Å². The van der Waals surface area contributed by atoms with Crippen molar-refractivity contribution in [3.05, 3.63) is 58.1 Å². The van der Waals surface area contributed by atoms with Crippen LogP contribution in [0.4, 0.5) is 0 Å². The summed E-state index contributed by atoms with van der Waals surface area (Å²) in [5, 5.41) is 9.84. The average Bonchev–Trinajstić information content (AvgIpc) is 3.21. The summed E-state index contributed by atoms with van der Waals surface area (Å²) in [6.07, 6.45) is 4.36. The number of rotatable bonds is 6. The molecule has 32 heavy (non-hydrogen) atoms. The van der Waals surface area contributed by atoms with Crippen molar-refractivity contribution < 1.29 is 9.59 Å². The molecule has 0 atom stereocenters. The van der Waals surface area contributed by atoms with E-state index in [1.54, 1.807) is 46.2 Å². The molecule has 1 aromatic carbocycles. The Morgan fingerprint density at radius 2 is 1.75 bits per heavy atom. The van der Waals surface area contributed by atoms with E-state index in [0.29, 0.717) is 58.3 Å². The molecule has 0 bridgehead atoms. The third-order valence-corrected chi connectivity index (χ3v) is 6.45. The lowest BCUT2D eigenvalue weighted by Gasteiger charge is -2.30. The third kappa shape index (κ3) is 5.03. The second-order valence-corrected chi connectivity index (χ2v) is 9.03. The first kappa shape index (κ1) is 22.5. The topological polar surface area (TPSA) is 120 Å². The second kappa shape index (κ2) is 9.85. The Morgan fingerprint density at radius 1 is 1.09 bits per heavy atom. The van der Waals surface area contributed by atoms with Crippen LogP contribution in [0.15, 0.2) is 41.8 Å². The number of nitrogens with zero attached hydrogens (tertiary/aromatic N) is 6. The van der Waals surface area contributed by atoms with Gasteiger partial charge in [0.1, 0.15) is 0 Å². The molecule has 0 aliphatic carbocycles. The Bertz CT molecular complexity index is 1110. The molecule has 12 heteroatoms. The summed E-state index contributed by atoms with van der Waals surface area (Å²) < 4.78 is 1.55. The largest absolute Gasteiger partial charge is 0.369 e. The van der Waals surface area contributed by atoms with Crippen molar-refractivity contribution in [3.63, 3.8) is 0 Å². The lowest BCUT2D eigenvalue weighted by Crippen LogP contribution is -2.42. The maximum Gasteiger partial charge on any atom is 0.276 e. The van der Waals surface area contributed by atoms with E-state index in [-0.39, 0.29) is 23.4 Å². The summed E-state index contributed by atoms with van der Waals surface area (Å²) in [5.74, 6) is -0.453. The fraction of sp³-hybridized carbons (Fsp3) is 0.300. The molecule has 1 aliphatic heterocycles. The van der Waals surface area contributed by atoms with Crippen LogP contribution in [0.1, 0.15) is 29.0 Å². The lowest BCUT2D eigenvalue weighted by atomic mass is 9.96. The number of hydrogen-bond acceptors (Lipinski definition) is 7. The van der Waals surface area contributed by atoms with Crippen molar-refractivity contribution in [1.29, 1.82) is 0 Å².